The lowest BCUT2D eigenvalue weighted by Crippen LogP contribution is -2.54. The van der Waals surface area contributed by atoms with Crippen LogP contribution < -0.4 is 24.6 Å². The Labute approximate surface area is 320 Å². The van der Waals surface area contributed by atoms with Crippen LogP contribution in [0, 0.1) is 11.8 Å². The number of hydrogen-bond acceptors (Lipinski definition) is 11. The van der Waals surface area contributed by atoms with E-state index < -0.39 is 10.0 Å². The molecule has 0 radical (unpaired) electrons. The van der Waals surface area contributed by atoms with Gasteiger partial charge in [0.2, 0.25) is 16.0 Å². The first kappa shape index (κ1) is 37.9. The molecule has 0 unspecified atom stereocenters. The van der Waals surface area contributed by atoms with E-state index in [1.165, 1.54) is 115 Å². The molecule has 2 N–H and O–H groups in total. The van der Waals surface area contributed by atoms with Crippen molar-refractivity contribution >= 4 is 56.1 Å². The summed E-state index contributed by atoms with van der Waals surface area (Å²) in [5.41, 5.74) is 2.88. The highest BCUT2D eigenvalue weighted by molar-refractivity contribution is 7.92. The zero-order valence-electron chi connectivity index (χ0n) is 31.5. The number of halogens is 1. The Hall–Kier alpha value is -3.36. The maximum atomic E-state index is 12.2. The number of benzene rings is 2. The Morgan fingerprint density at radius 3 is 2.19 bits per heavy atom. The Balaban J connectivity index is 0.894. The van der Waals surface area contributed by atoms with Gasteiger partial charge in [0, 0.05) is 77.2 Å². The summed E-state index contributed by atoms with van der Waals surface area (Å²) in [4.78, 5) is 19.7. The number of anilines is 6. The van der Waals surface area contributed by atoms with Crippen molar-refractivity contribution in [2.75, 3.05) is 106 Å². The van der Waals surface area contributed by atoms with Gasteiger partial charge in [0.1, 0.15) is 10.8 Å². The predicted octanol–water partition coefficient (Wildman–Crippen LogP) is 6.12. The van der Waals surface area contributed by atoms with Crippen LogP contribution in [0.5, 0.6) is 5.75 Å². The fourth-order valence-electron chi connectivity index (χ4n) is 8.33. The van der Waals surface area contributed by atoms with Gasteiger partial charge in [-0.25, -0.2) is 13.4 Å². The lowest BCUT2D eigenvalue weighted by atomic mass is 9.84. The number of nitrogens with zero attached hydrogens (tertiary/aromatic N) is 7. The maximum Gasteiger partial charge on any atom is 0.232 e. The number of likely N-dealkylation sites (tertiary alicyclic amines) is 1. The summed E-state index contributed by atoms with van der Waals surface area (Å²) >= 11 is 6.48. The Morgan fingerprint density at radius 1 is 0.849 bits per heavy atom. The van der Waals surface area contributed by atoms with Gasteiger partial charge in [0.15, 0.2) is 5.82 Å². The van der Waals surface area contributed by atoms with Gasteiger partial charge < -0.3 is 30.1 Å². The lowest BCUT2D eigenvalue weighted by molar-refractivity contribution is 0.0617. The third-order valence-corrected chi connectivity index (χ3v) is 13.4. The monoisotopic (exact) mass is 765 g/mol. The van der Waals surface area contributed by atoms with E-state index in [2.05, 4.69) is 52.3 Å². The number of aromatic nitrogens is 2. The van der Waals surface area contributed by atoms with Crippen molar-refractivity contribution in [1.29, 1.82) is 0 Å². The molecule has 1 aliphatic carbocycles. The van der Waals surface area contributed by atoms with Gasteiger partial charge >= 0.3 is 0 Å². The first-order valence-electron chi connectivity index (χ1n) is 19.3. The summed E-state index contributed by atoms with van der Waals surface area (Å²) in [7, 11) is -0.302. The molecular formula is C39H56ClN9O3S. The average molecular weight is 766 g/mol. The van der Waals surface area contributed by atoms with Crippen molar-refractivity contribution in [1.82, 2.24) is 24.7 Å². The van der Waals surface area contributed by atoms with E-state index in [1.807, 2.05) is 12.1 Å². The molecule has 3 saturated heterocycles. The molecule has 7 rings (SSSR count). The number of hydrogen-bond donors (Lipinski definition) is 2. The van der Waals surface area contributed by atoms with Crippen molar-refractivity contribution in [2.45, 2.75) is 51.0 Å². The molecule has 3 aliphatic heterocycles. The van der Waals surface area contributed by atoms with Gasteiger partial charge in [-0.1, -0.05) is 30.2 Å². The second-order valence-corrected chi connectivity index (χ2v) is 17.8. The Morgan fingerprint density at radius 2 is 1.53 bits per heavy atom. The van der Waals surface area contributed by atoms with Gasteiger partial charge in [0.25, 0.3) is 0 Å². The molecule has 1 saturated carbocycles. The van der Waals surface area contributed by atoms with Crippen molar-refractivity contribution in [3.05, 3.63) is 53.7 Å². The summed E-state index contributed by atoms with van der Waals surface area (Å²) in [6, 6.07) is 13.9. The van der Waals surface area contributed by atoms with Crippen LogP contribution in [0.4, 0.5) is 34.5 Å². The summed E-state index contributed by atoms with van der Waals surface area (Å²) in [6.45, 7) is 12.1. The number of rotatable bonds is 13. The quantitative estimate of drug-likeness (QED) is 0.210. The molecule has 0 spiro atoms. The minimum atomic E-state index is -3.47. The number of para-hydroxylation sites is 2. The molecule has 0 bridgehead atoms. The molecule has 1 aromatic heterocycles. The van der Waals surface area contributed by atoms with Gasteiger partial charge in [0.05, 0.1) is 36.6 Å². The van der Waals surface area contributed by atoms with Crippen molar-refractivity contribution < 1.29 is 13.2 Å². The number of piperazine rings is 1. The number of nitrogens with one attached hydrogen (secondary N) is 2. The van der Waals surface area contributed by atoms with E-state index in [1.54, 1.807) is 25.3 Å². The third-order valence-electron chi connectivity index (χ3n) is 11.9. The van der Waals surface area contributed by atoms with Gasteiger partial charge in [-0.3, -0.25) is 9.21 Å². The van der Waals surface area contributed by atoms with Crippen LogP contribution in [-0.2, 0) is 10.0 Å². The first-order valence-corrected chi connectivity index (χ1v) is 21.6. The normalized spacial score (nSPS) is 20.3. The number of ether oxygens (including phenoxy) is 1. The van der Waals surface area contributed by atoms with Crippen LogP contribution >= 0.6 is 11.6 Å². The molecule has 4 fully saturated rings. The van der Waals surface area contributed by atoms with E-state index in [-0.39, 0.29) is 0 Å². The van der Waals surface area contributed by atoms with E-state index in [0.717, 1.165) is 42.6 Å². The molecule has 0 amide bonds. The van der Waals surface area contributed by atoms with E-state index in [0.29, 0.717) is 40.0 Å². The zero-order valence-corrected chi connectivity index (χ0v) is 33.1. The van der Waals surface area contributed by atoms with Crippen LogP contribution in [0.25, 0.3) is 0 Å². The SMILES string of the molecule is COc1cc(N2CCC(N3CCN(CC4CCN(CC5CCC5)CC4)CC3)CC2)ccc1Nc1ncc(Cl)c(Nc2ccccc2N(C)S(C)(=O)=O)n1. The predicted molar refractivity (Wildman–Crippen MR) is 216 cm³/mol. The maximum absolute atomic E-state index is 12.2. The minimum absolute atomic E-state index is 0.296. The Kier molecular flexibility index (Phi) is 12.2. The third kappa shape index (κ3) is 9.48. The largest absolute Gasteiger partial charge is 0.494 e. The van der Waals surface area contributed by atoms with Crippen molar-refractivity contribution in [3.63, 3.8) is 0 Å². The second-order valence-electron chi connectivity index (χ2n) is 15.4. The highest BCUT2D eigenvalue weighted by Gasteiger charge is 2.30. The summed E-state index contributed by atoms with van der Waals surface area (Å²) in [5.74, 6) is 3.22. The van der Waals surface area contributed by atoms with Crippen LogP contribution in [-0.4, -0.2) is 125 Å². The van der Waals surface area contributed by atoms with E-state index in [9.17, 15) is 8.42 Å². The van der Waals surface area contributed by atoms with E-state index >= 15 is 0 Å². The number of piperidine rings is 2. The van der Waals surface area contributed by atoms with Crippen molar-refractivity contribution in [2.24, 2.45) is 11.8 Å². The average Bonchev–Trinajstić information content (AvgIpc) is 3.15. The standard InChI is InChI=1S/C39H56ClN9O3S/c1-45(53(3,50)51)36-10-5-4-9-34(36)42-38-33(40)26-41-39(44-38)43-35-12-11-32(25-37(35)52-2)48-19-15-31(16-20-48)49-23-21-47(22-24-49)28-30-13-17-46(18-14-30)27-29-7-6-8-29/h4-5,9-12,25-26,29-31H,6-8,13-24,27-28H2,1-3H3,(H2,41,42,43,44). The molecule has 0 atom stereocenters. The fourth-order valence-corrected chi connectivity index (χ4v) is 8.99. The van der Waals surface area contributed by atoms with Crippen molar-refractivity contribution in [3.8, 4) is 5.75 Å². The molecular weight excluding hydrogens is 710 g/mol. The zero-order chi connectivity index (χ0) is 37.0. The van der Waals surface area contributed by atoms with Gasteiger partial charge in [-0.05, 0) is 87.7 Å². The fraction of sp³-hybridized carbons (Fsp3) is 0.590. The van der Waals surface area contributed by atoms with Crippen LogP contribution in [0.3, 0.4) is 0 Å². The summed E-state index contributed by atoms with van der Waals surface area (Å²) < 4.78 is 31.5. The minimum Gasteiger partial charge on any atom is -0.494 e. The second kappa shape index (κ2) is 17.0. The highest BCUT2D eigenvalue weighted by atomic mass is 35.5. The molecule has 53 heavy (non-hydrogen) atoms. The van der Waals surface area contributed by atoms with E-state index in [4.69, 9.17) is 16.3 Å². The lowest BCUT2D eigenvalue weighted by Gasteiger charge is -2.44. The molecule has 14 heteroatoms. The topological polar surface area (TPSA) is 109 Å². The van der Waals surface area contributed by atoms with Gasteiger partial charge in [-0.15, -0.1) is 0 Å². The van der Waals surface area contributed by atoms with Crippen LogP contribution in [0.15, 0.2) is 48.7 Å². The molecule has 2 aromatic carbocycles. The summed E-state index contributed by atoms with van der Waals surface area (Å²) in [6.07, 6.45) is 12.1. The van der Waals surface area contributed by atoms with Crippen LogP contribution in [0.2, 0.25) is 5.02 Å². The Bertz CT molecular complexity index is 1790. The molecule has 288 valence electrons. The molecule has 12 nitrogen and oxygen atoms in total. The summed E-state index contributed by atoms with van der Waals surface area (Å²) in [5, 5.41) is 6.75. The molecule has 4 aliphatic rings. The molecule has 3 aromatic rings. The smallest absolute Gasteiger partial charge is 0.232 e. The molecule has 4 heterocycles. The highest BCUT2D eigenvalue weighted by Crippen LogP contribution is 2.36. The number of methoxy groups -OCH3 is 1. The van der Waals surface area contributed by atoms with Gasteiger partial charge in [-0.2, -0.15) is 4.98 Å². The number of sulfonamides is 1. The first-order chi connectivity index (χ1) is 25.6. The van der Waals surface area contributed by atoms with Crippen LogP contribution in [0.1, 0.15) is 44.9 Å².